The van der Waals surface area contributed by atoms with E-state index in [9.17, 15) is 18.3 Å². The van der Waals surface area contributed by atoms with Crippen LogP contribution in [-0.2, 0) is 77.3 Å². The summed E-state index contributed by atoms with van der Waals surface area (Å²) in [7, 11) is -17.2. The molecule has 0 bridgehead atoms. The highest BCUT2D eigenvalue weighted by atomic mass is 31.2. The van der Waals surface area contributed by atoms with E-state index in [4.69, 9.17) is 59.0 Å². The molecule has 1 rings (SSSR count). The van der Waals surface area contributed by atoms with E-state index in [0.29, 0.717) is 51.4 Å². The van der Waals surface area contributed by atoms with Crippen LogP contribution in [0.4, 0.5) is 0 Å². The molecule has 1 fully saturated rings. The van der Waals surface area contributed by atoms with E-state index in [2.05, 4.69) is 0 Å². The fourth-order valence-electron chi connectivity index (χ4n) is 4.94. The van der Waals surface area contributed by atoms with Gasteiger partial charge in [0, 0.05) is 0 Å². The molecule has 0 unspecified atom stereocenters. The predicted octanol–water partition coefficient (Wildman–Crippen LogP) is 12.5. The van der Waals surface area contributed by atoms with Gasteiger partial charge in [-0.3, -0.25) is 54.3 Å². The zero-order valence-electron chi connectivity index (χ0n) is 37.4. The molecule has 0 spiro atoms. The van der Waals surface area contributed by atoms with E-state index in [1.807, 2.05) is 55.4 Å². The number of hydrogen-bond donors (Lipinski definition) is 0. The highest BCUT2D eigenvalue weighted by Gasteiger charge is 2.54. The summed E-state index contributed by atoms with van der Waals surface area (Å²) in [5.41, 5.74) is 0. The van der Waals surface area contributed by atoms with Crippen molar-refractivity contribution >= 4 is 31.3 Å². The number of hydrogen-bond acceptors (Lipinski definition) is 17. The molecule has 0 N–H and O–H groups in total. The molecule has 0 saturated carbocycles. The van der Waals surface area contributed by atoms with Crippen molar-refractivity contribution in [2.24, 2.45) is 0 Å². The zero-order chi connectivity index (χ0) is 43.9. The Hall–Kier alpha value is 0.400. The van der Waals surface area contributed by atoms with Gasteiger partial charge in [-0.25, -0.2) is 18.3 Å². The van der Waals surface area contributed by atoms with Gasteiger partial charge in [0.2, 0.25) is 0 Å². The van der Waals surface area contributed by atoms with Gasteiger partial charge in [-0.15, -0.1) is 0 Å². The van der Waals surface area contributed by atoms with Gasteiger partial charge in [-0.05, 0) is 51.4 Å². The molecule has 1 aliphatic heterocycles. The van der Waals surface area contributed by atoms with Crippen molar-refractivity contribution in [3.8, 4) is 0 Å². The lowest BCUT2D eigenvalue weighted by atomic mass is 10.1. The molecular formula is C38H80O17P4. The van der Waals surface area contributed by atoms with E-state index in [0.717, 1.165) is 51.4 Å². The van der Waals surface area contributed by atoms with Gasteiger partial charge in [0.15, 0.2) is 0 Å². The molecule has 0 aromatic rings. The molecule has 4 atom stereocenters. The average Bonchev–Trinajstić information content (AvgIpc) is 3.51. The minimum absolute atomic E-state index is 0.0462. The average molecular weight is 933 g/mol. The van der Waals surface area contributed by atoms with Crippen molar-refractivity contribution in [3.63, 3.8) is 0 Å². The minimum atomic E-state index is -4.41. The van der Waals surface area contributed by atoms with Crippen LogP contribution < -0.4 is 0 Å². The van der Waals surface area contributed by atoms with Gasteiger partial charge in [0.25, 0.3) is 0 Å². The van der Waals surface area contributed by atoms with Gasteiger partial charge in [0.05, 0.1) is 66.1 Å². The molecule has 17 nitrogen and oxygen atoms in total. The maximum Gasteiger partial charge on any atom is 0.475 e. The largest absolute Gasteiger partial charge is 0.475 e. The fourth-order valence-corrected chi connectivity index (χ4v) is 10.4. The Morgan fingerprint density at radius 1 is 0.322 bits per heavy atom. The summed E-state index contributed by atoms with van der Waals surface area (Å²) >= 11 is 0. The summed E-state index contributed by atoms with van der Waals surface area (Å²) in [6, 6.07) is 0. The Morgan fingerprint density at radius 3 is 0.729 bits per heavy atom. The van der Waals surface area contributed by atoms with Crippen LogP contribution >= 0.6 is 31.3 Å². The van der Waals surface area contributed by atoms with Crippen molar-refractivity contribution in [1.29, 1.82) is 0 Å². The molecule has 0 aromatic carbocycles. The van der Waals surface area contributed by atoms with Crippen LogP contribution in [0.2, 0.25) is 0 Å². The topological polar surface area (TPSA) is 188 Å². The molecule has 1 aliphatic rings. The monoisotopic (exact) mass is 932 g/mol. The Bertz CT molecular complexity index is 1080. The van der Waals surface area contributed by atoms with E-state index in [1.54, 1.807) is 0 Å². The fraction of sp³-hybridized carbons (Fsp3) is 1.00. The van der Waals surface area contributed by atoms with Gasteiger partial charge in [-0.2, -0.15) is 0 Å². The maximum absolute atomic E-state index is 14.5. The molecule has 0 amide bonds. The zero-order valence-corrected chi connectivity index (χ0v) is 41.0. The lowest BCUT2D eigenvalue weighted by molar-refractivity contribution is -0.0448. The molecule has 1 saturated heterocycles. The van der Waals surface area contributed by atoms with Crippen LogP contribution in [-0.4, -0.2) is 90.5 Å². The summed E-state index contributed by atoms with van der Waals surface area (Å²) in [6.07, 6.45) is 5.21. The van der Waals surface area contributed by atoms with E-state index < -0.39 is 68.9 Å². The van der Waals surface area contributed by atoms with Crippen LogP contribution in [0, 0.1) is 0 Å². The third-order valence-corrected chi connectivity index (χ3v) is 14.6. The molecule has 59 heavy (non-hydrogen) atoms. The minimum Gasteiger partial charge on any atom is -0.364 e. The first-order valence-corrected chi connectivity index (χ1v) is 28.1. The van der Waals surface area contributed by atoms with Crippen LogP contribution in [0.3, 0.4) is 0 Å². The molecule has 1 heterocycles. The van der Waals surface area contributed by atoms with Crippen molar-refractivity contribution in [2.75, 3.05) is 66.1 Å². The first-order valence-electron chi connectivity index (χ1n) is 22.2. The number of phosphoric ester groups is 4. The second-order valence-electron chi connectivity index (χ2n) is 14.2. The SMILES string of the molecule is CCCCOP(=O)(OCCCC)OC[C@H]1O[C@H](COP(=O)(OCCCC)OCCCC)[C@@H](OP(=O)(OCCCC)OCCCC)[C@@H]1OP(=O)(OCCCC)OCCCC. The summed E-state index contributed by atoms with van der Waals surface area (Å²) < 4.78 is 134. The lowest BCUT2D eigenvalue weighted by Gasteiger charge is -2.30. The van der Waals surface area contributed by atoms with Gasteiger partial charge >= 0.3 is 31.3 Å². The van der Waals surface area contributed by atoms with E-state index in [1.165, 1.54) is 0 Å². The second kappa shape index (κ2) is 33.8. The van der Waals surface area contributed by atoms with E-state index >= 15 is 0 Å². The van der Waals surface area contributed by atoms with Crippen molar-refractivity contribution in [2.45, 2.75) is 183 Å². The molecule has 354 valence electrons. The van der Waals surface area contributed by atoms with Crippen LogP contribution in [0.1, 0.15) is 158 Å². The van der Waals surface area contributed by atoms with Crippen LogP contribution in [0.25, 0.3) is 0 Å². The maximum atomic E-state index is 14.5. The number of ether oxygens (including phenoxy) is 1. The molecular weight excluding hydrogens is 852 g/mol. The summed E-state index contributed by atoms with van der Waals surface area (Å²) in [5.74, 6) is 0. The molecule has 21 heteroatoms. The first kappa shape index (κ1) is 57.4. The number of phosphoric acid groups is 4. The normalized spacial score (nSPS) is 19.3. The summed E-state index contributed by atoms with van der Waals surface area (Å²) in [6.45, 7) is 15.3. The van der Waals surface area contributed by atoms with Crippen molar-refractivity contribution < 1.29 is 77.3 Å². The van der Waals surface area contributed by atoms with Crippen molar-refractivity contribution in [1.82, 2.24) is 0 Å². The standard InChI is InChI=1S/C38H80O17P4/c1-9-17-25-43-56(39,44-26-18-10-2)51-33-35-37(54-58(41,47-29-21-13-5)48-30-22-14-6)38(55-59(42,49-31-23-15-7)50-32-24-16-8)36(53-35)34-52-57(40,45-27-19-11-3)46-28-20-12-4/h35-38H,9-34H2,1-8H3/t35-,36-,37-,38-/m1/s1. The van der Waals surface area contributed by atoms with Gasteiger partial charge < -0.3 is 4.74 Å². The van der Waals surface area contributed by atoms with Gasteiger partial charge in [0.1, 0.15) is 24.4 Å². The third kappa shape index (κ3) is 24.9. The Morgan fingerprint density at radius 2 is 0.525 bits per heavy atom. The number of rotatable bonds is 42. The van der Waals surface area contributed by atoms with E-state index in [-0.39, 0.29) is 52.9 Å². The third-order valence-electron chi connectivity index (χ3n) is 8.68. The first-order chi connectivity index (χ1) is 28.3. The van der Waals surface area contributed by atoms with Crippen LogP contribution in [0.5, 0.6) is 0 Å². The molecule has 0 radical (unpaired) electrons. The summed E-state index contributed by atoms with van der Waals surface area (Å²) in [4.78, 5) is 0. The highest BCUT2D eigenvalue weighted by molar-refractivity contribution is 7.49. The lowest BCUT2D eigenvalue weighted by Crippen LogP contribution is -2.39. The Kier molecular flexibility index (Phi) is 32.9. The van der Waals surface area contributed by atoms with Crippen molar-refractivity contribution in [3.05, 3.63) is 0 Å². The number of unbranched alkanes of at least 4 members (excludes halogenated alkanes) is 8. The highest BCUT2D eigenvalue weighted by Crippen LogP contribution is 2.59. The Balaban J connectivity index is 3.85. The Labute approximate surface area is 356 Å². The quantitative estimate of drug-likeness (QED) is 0.0415. The molecule has 0 aliphatic carbocycles. The summed E-state index contributed by atoms with van der Waals surface area (Å²) in [5, 5.41) is 0. The smallest absolute Gasteiger partial charge is 0.364 e. The van der Waals surface area contributed by atoms with Gasteiger partial charge in [-0.1, -0.05) is 107 Å². The molecule has 0 aromatic heterocycles. The van der Waals surface area contributed by atoms with Crippen LogP contribution in [0.15, 0.2) is 0 Å². The second-order valence-corrected chi connectivity index (χ2v) is 20.8. The predicted molar refractivity (Wildman–Crippen MR) is 228 cm³/mol.